The van der Waals surface area contributed by atoms with Gasteiger partial charge in [-0.2, -0.15) is 0 Å². The van der Waals surface area contributed by atoms with Crippen molar-refractivity contribution in [2.75, 3.05) is 13.7 Å². The van der Waals surface area contributed by atoms with Crippen LogP contribution >= 0.6 is 15.9 Å². The van der Waals surface area contributed by atoms with Gasteiger partial charge in [0.15, 0.2) is 0 Å². The summed E-state index contributed by atoms with van der Waals surface area (Å²) in [7, 11) is 1.69. The second-order valence-electron chi connectivity index (χ2n) is 6.91. The highest BCUT2D eigenvalue weighted by atomic mass is 79.9. The van der Waals surface area contributed by atoms with Gasteiger partial charge in [0, 0.05) is 12.1 Å². The molecular formula is C16H26BrNO. The van der Waals surface area contributed by atoms with E-state index in [-0.39, 0.29) is 11.0 Å². The molecule has 0 saturated heterocycles. The first kappa shape index (κ1) is 16.5. The fourth-order valence-corrected chi connectivity index (χ4v) is 2.53. The van der Waals surface area contributed by atoms with E-state index in [1.54, 1.807) is 7.11 Å². The molecule has 0 bridgehead atoms. The van der Waals surface area contributed by atoms with E-state index in [4.69, 9.17) is 4.74 Å². The van der Waals surface area contributed by atoms with Gasteiger partial charge in [-0.25, -0.2) is 0 Å². The molecule has 1 rings (SSSR count). The molecular weight excluding hydrogens is 302 g/mol. The molecule has 0 aliphatic rings. The maximum atomic E-state index is 5.26. The van der Waals surface area contributed by atoms with Crippen LogP contribution in [0.25, 0.3) is 0 Å². The van der Waals surface area contributed by atoms with Gasteiger partial charge < -0.3 is 10.1 Å². The minimum absolute atomic E-state index is 0.164. The molecule has 3 heteroatoms. The molecule has 1 aromatic rings. The number of hydrogen-bond donors (Lipinski definition) is 1. The Morgan fingerprint density at radius 1 is 1.16 bits per heavy atom. The van der Waals surface area contributed by atoms with Crippen LogP contribution in [0.3, 0.4) is 0 Å². The number of methoxy groups -OCH3 is 1. The highest BCUT2D eigenvalue weighted by molar-refractivity contribution is 9.10. The number of nitrogens with one attached hydrogen (secondary N) is 1. The summed E-state index contributed by atoms with van der Waals surface area (Å²) in [6, 6.07) is 6.31. The molecule has 1 aromatic carbocycles. The second kappa shape index (κ2) is 6.27. The smallest absolute Gasteiger partial charge is 0.133 e. The molecule has 0 amide bonds. The first-order valence-electron chi connectivity index (χ1n) is 6.70. The molecule has 0 aliphatic carbocycles. The van der Waals surface area contributed by atoms with E-state index in [0.29, 0.717) is 0 Å². The van der Waals surface area contributed by atoms with E-state index in [0.717, 1.165) is 23.2 Å². The Hall–Kier alpha value is -0.540. The molecule has 0 aliphatic heterocycles. The summed E-state index contributed by atoms with van der Waals surface area (Å²) in [5, 5.41) is 3.58. The fraction of sp³-hybridized carbons (Fsp3) is 0.625. The first-order valence-corrected chi connectivity index (χ1v) is 7.50. The highest BCUT2D eigenvalue weighted by Crippen LogP contribution is 2.29. The van der Waals surface area contributed by atoms with Gasteiger partial charge in [-0.3, -0.25) is 0 Å². The minimum Gasteiger partial charge on any atom is -0.496 e. The summed E-state index contributed by atoms with van der Waals surface area (Å²) in [5.74, 6) is 0.884. The molecule has 1 N–H and O–H groups in total. The van der Waals surface area contributed by atoms with Crippen molar-refractivity contribution in [2.24, 2.45) is 5.41 Å². The van der Waals surface area contributed by atoms with E-state index in [2.05, 4.69) is 68.0 Å². The standard InChI is InChI=1S/C16H26BrNO/c1-15(2,3)18-11-16(4,5)10-12-7-8-14(19-6)13(17)9-12/h7-9,18H,10-11H2,1-6H3. The van der Waals surface area contributed by atoms with Crippen molar-refractivity contribution in [1.29, 1.82) is 0 Å². The Labute approximate surface area is 126 Å². The van der Waals surface area contributed by atoms with E-state index in [1.807, 2.05) is 6.07 Å². The molecule has 0 aromatic heterocycles. The van der Waals surface area contributed by atoms with Gasteiger partial charge in [0.05, 0.1) is 11.6 Å². The summed E-state index contributed by atoms with van der Waals surface area (Å²) in [6.07, 6.45) is 1.04. The van der Waals surface area contributed by atoms with Gasteiger partial charge >= 0.3 is 0 Å². The second-order valence-corrected chi connectivity index (χ2v) is 7.77. The minimum atomic E-state index is 0.164. The predicted octanol–water partition coefficient (Wildman–Crippen LogP) is 4.41. The maximum Gasteiger partial charge on any atom is 0.133 e. The average molecular weight is 328 g/mol. The Balaban J connectivity index is 2.69. The van der Waals surface area contributed by atoms with E-state index >= 15 is 0 Å². The van der Waals surface area contributed by atoms with Crippen LogP contribution in [0.4, 0.5) is 0 Å². The third kappa shape index (κ3) is 5.96. The zero-order valence-corrected chi connectivity index (χ0v) is 14.5. The average Bonchev–Trinajstić information content (AvgIpc) is 2.25. The highest BCUT2D eigenvalue weighted by Gasteiger charge is 2.21. The summed E-state index contributed by atoms with van der Waals surface area (Å²) in [4.78, 5) is 0. The van der Waals surface area contributed by atoms with Crippen LogP contribution < -0.4 is 10.1 Å². The van der Waals surface area contributed by atoms with E-state index in [1.165, 1.54) is 5.56 Å². The van der Waals surface area contributed by atoms with Crippen LogP contribution in [0.1, 0.15) is 40.2 Å². The Bertz CT molecular complexity index is 421. The number of benzene rings is 1. The molecule has 0 unspecified atom stereocenters. The van der Waals surface area contributed by atoms with Gasteiger partial charge in [0.2, 0.25) is 0 Å². The summed E-state index contributed by atoms with van der Waals surface area (Å²) < 4.78 is 6.28. The number of halogens is 1. The van der Waals surface area contributed by atoms with Gasteiger partial charge in [0.25, 0.3) is 0 Å². The fourth-order valence-electron chi connectivity index (χ4n) is 1.94. The van der Waals surface area contributed by atoms with Crippen molar-refractivity contribution in [3.8, 4) is 5.75 Å². The van der Waals surface area contributed by atoms with Crippen molar-refractivity contribution in [1.82, 2.24) is 5.32 Å². The SMILES string of the molecule is COc1ccc(CC(C)(C)CNC(C)(C)C)cc1Br. The monoisotopic (exact) mass is 327 g/mol. The molecule has 0 radical (unpaired) electrons. The topological polar surface area (TPSA) is 21.3 Å². The third-order valence-corrected chi connectivity index (χ3v) is 3.62. The lowest BCUT2D eigenvalue weighted by molar-refractivity contribution is 0.289. The van der Waals surface area contributed by atoms with E-state index in [9.17, 15) is 0 Å². The number of rotatable bonds is 5. The van der Waals surface area contributed by atoms with Crippen molar-refractivity contribution in [3.63, 3.8) is 0 Å². The van der Waals surface area contributed by atoms with Crippen molar-refractivity contribution in [3.05, 3.63) is 28.2 Å². The van der Waals surface area contributed by atoms with E-state index < -0.39 is 0 Å². The Kier molecular flexibility index (Phi) is 5.45. The van der Waals surface area contributed by atoms with Crippen LogP contribution in [0.2, 0.25) is 0 Å². The predicted molar refractivity (Wildman–Crippen MR) is 85.9 cm³/mol. The lowest BCUT2D eigenvalue weighted by atomic mass is 9.85. The Morgan fingerprint density at radius 3 is 2.26 bits per heavy atom. The maximum absolute atomic E-state index is 5.26. The first-order chi connectivity index (χ1) is 8.63. The van der Waals surface area contributed by atoms with Crippen molar-refractivity contribution < 1.29 is 4.74 Å². The van der Waals surface area contributed by atoms with Gasteiger partial charge in [0.1, 0.15) is 5.75 Å². The van der Waals surface area contributed by atoms with Gasteiger partial charge in [-0.15, -0.1) is 0 Å². The normalized spacial score (nSPS) is 12.6. The third-order valence-electron chi connectivity index (χ3n) is 3.00. The summed E-state index contributed by atoms with van der Waals surface area (Å²) >= 11 is 3.54. The largest absolute Gasteiger partial charge is 0.496 e. The number of ether oxygens (including phenoxy) is 1. The van der Waals surface area contributed by atoms with Crippen LogP contribution in [0, 0.1) is 5.41 Å². The van der Waals surface area contributed by atoms with Gasteiger partial charge in [-0.1, -0.05) is 19.9 Å². The number of hydrogen-bond acceptors (Lipinski definition) is 2. The molecule has 108 valence electrons. The lowest BCUT2D eigenvalue weighted by Gasteiger charge is -2.30. The molecule has 2 nitrogen and oxygen atoms in total. The quantitative estimate of drug-likeness (QED) is 0.864. The zero-order valence-electron chi connectivity index (χ0n) is 12.9. The van der Waals surface area contributed by atoms with Crippen LogP contribution in [-0.2, 0) is 6.42 Å². The molecule has 19 heavy (non-hydrogen) atoms. The molecule has 0 fully saturated rings. The van der Waals surface area contributed by atoms with Crippen molar-refractivity contribution in [2.45, 2.75) is 46.6 Å². The lowest BCUT2D eigenvalue weighted by Crippen LogP contribution is -2.42. The molecule has 0 saturated carbocycles. The van der Waals surface area contributed by atoms with Crippen LogP contribution in [-0.4, -0.2) is 19.2 Å². The zero-order chi connectivity index (χ0) is 14.7. The molecule has 0 atom stereocenters. The van der Waals surface area contributed by atoms with Crippen molar-refractivity contribution >= 4 is 15.9 Å². The van der Waals surface area contributed by atoms with Gasteiger partial charge in [-0.05, 0) is 66.2 Å². The molecule has 0 heterocycles. The summed E-state index contributed by atoms with van der Waals surface area (Å²) in [6.45, 7) is 12.2. The Morgan fingerprint density at radius 2 is 1.79 bits per heavy atom. The van der Waals surface area contributed by atoms with Crippen LogP contribution in [0.5, 0.6) is 5.75 Å². The summed E-state index contributed by atoms with van der Waals surface area (Å²) in [5.41, 5.74) is 1.72. The van der Waals surface area contributed by atoms with Crippen LogP contribution in [0.15, 0.2) is 22.7 Å². The molecule has 0 spiro atoms.